The number of nitrogens with one attached hydrogen (secondary N) is 1. The van der Waals surface area contributed by atoms with Crippen molar-refractivity contribution in [3.05, 3.63) is 22.8 Å². The van der Waals surface area contributed by atoms with Crippen molar-refractivity contribution in [2.24, 2.45) is 0 Å². The number of hydroxylamine groups is 1. The van der Waals surface area contributed by atoms with Gasteiger partial charge in [0, 0.05) is 13.0 Å². The van der Waals surface area contributed by atoms with E-state index >= 15 is 0 Å². The SMILES string of the molecule is Cc1noc(-c2ccc(C(=O)NOC3CCCCO3)s2)n1. The fraction of sp³-hybridized carbons (Fsp3) is 0.462. The first kappa shape index (κ1) is 14.2. The van der Waals surface area contributed by atoms with Gasteiger partial charge in [0.2, 0.25) is 0 Å². The molecule has 1 fully saturated rings. The van der Waals surface area contributed by atoms with Gasteiger partial charge < -0.3 is 9.26 Å². The minimum atomic E-state index is -0.360. The van der Waals surface area contributed by atoms with Gasteiger partial charge in [0.1, 0.15) is 0 Å². The molecule has 1 atom stereocenters. The molecule has 112 valence electrons. The molecule has 2 aromatic rings. The van der Waals surface area contributed by atoms with Crippen LogP contribution < -0.4 is 5.48 Å². The van der Waals surface area contributed by atoms with Gasteiger partial charge in [-0.25, -0.2) is 10.3 Å². The molecule has 1 N–H and O–H groups in total. The summed E-state index contributed by atoms with van der Waals surface area (Å²) in [5.41, 5.74) is 2.42. The van der Waals surface area contributed by atoms with Crippen molar-refractivity contribution in [2.75, 3.05) is 6.61 Å². The molecule has 1 aliphatic rings. The number of nitrogens with zero attached hydrogens (tertiary/aromatic N) is 2. The highest BCUT2D eigenvalue weighted by Gasteiger charge is 2.18. The van der Waals surface area contributed by atoms with Crippen molar-refractivity contribution in [1.29, 1.82) is 0 Å². The number of carbonyl (C=O) groups excluding carboxylic acids is 1. The van der Waals surface area contributed by atoms with Gasteiger partial charge in [-0.2, -0.15) is 4.98 Å². The largest absolute Gasteiger partial charge is 0.350 e. The zero-order valence-electron chi connectivity index (χ0n) is 11.5. The maximum absolute atomic E-state index is 12.0. The molecule has 1 saturated heterocycles. The highest BCUT2D eigenvalue weighted by molar-refractivity contribution is 7.17. The van der Waals surface area contributed by atoms with Gasteiger partial charge in [-0.3, -0.25) is 4.79 Å². The van der Waals surface area contributed by atoms with Crippen molar-refractivity contribution in [1.82, 2.24) is 15.6 Å². The molecule has 8 heteroatoms. The molecule has 21 heavy (non-hydrogen) atoms. The number of thiophene rings is 1. The molecule has 0 bridgehead atoms. The van der Waals surface area contributed by atoms with E-state index in [4.69, 9.17) is 14.1 Å². The van der Waals surface area contributed by atoms with Gasteiger partial charge >= 0.3 is 0 Å². The van der Waals surface area contributed by atoms with Crippen LogP contribution in [0.5, 0.6) is 0 Å². The molecule has 0 aromatic carbocycles. The summed E-state index contributed by atoms with van der Waals surface area (Å²) in [5, 5.41) is 3.72. The second kappa shape index (κ2) is 6.33. The van der Waals surface area contributed by atoms with Crippen molar-refractivity contribution >= 4 is 17.2 Å². The van der Waals surface area contributed by atoms with E-state index in [0.717, 1.165) is 24.1 Å². The molecule has 3 rings (SSSR count). The van der Waals surface area contributed by atoms with Crippen LogP contribution in [0.2, 0.25) is 0 Å². The summed E-state index contributed by atoms with van der Waals surface area (Å²) in [6.45, 7) is 2.41. The van der Waals surface area contributed by atoms with Gasteiger partial charge in [0.25, 0.3) is 11.8 Å². The van der Waals surface area contributed by atoms with Gasteiger partial charge in [-0.05, 0) is 31.9 Å². The molecule has 0 radical (unpaired) electrons. The molecule has 0 aliphatic carbocycles. The first-order valence-corrected chi connectivity index (χ1v) is 7.52. The minimum Gasteiger partial charge on any atom is -0.350 e. The topological polar surface area (TPSA) is 86.5 Å². The Morgan fingerprint density at radius 1 is 1.48 bits per heavy atom. The highest BCUT2D eigenvalue weighted by atomic mass is 32.1. The summed E-state index contributed by atoms with van der Waals surface area (Å²) in [4.78, 5) is 22.6. The summed E-state index contributed by atoms with van der Waals surface area (Å²) >= 11 is 1.26. The molecular formula is C13H15N3O4S. The third kappa shape index (κ3) is 3.46. The number of aromatic nitrogens is 2. The number of hydrogen-bond donors (Lipinski definition) is 1. The zero-order chi connectivity index (χ0) is 14.7. The highest BCUT2D eigenvalue weighted by Crippen LogP contribution is 2.26. The Morgan fingerprint density at radius 2 is 2.38 bits per heavy atom. The van der Waals surface area contributed by atoms with E-state index in [1.54, 1.807) is 19.1 Å². The molecular weight excluding hydrogens is 294 g/mol. The molecule has 3 heterocycles. The Bertz CT molecular complexity index is 618. The average Bonchev–Trinajstić information content (AvgIpc) is 3.14. The zero-order valence-corrected chi connectivity index (χ0v) is 12.3. The van der Waals surface area contributed by atoms with Gasteiger partial charge in [0.05, 0.1) is 9.75 Å². The molecule has 0 saturated carbocycles. The van der Waals surface area contributed by atoms with Crippen LogP contribution in [0.25, 0.3) is 10.8 Å². The average molecular weight is 309 g/mol. The van der Waals surface area contributed by atoms with Crippen LogP contribution >= 0.6 is 11.3 Å². The predicted molar refractivity (Wildman–Crippen MR) is 74.5 cm³/mol. The summed E-state index contributed by atoms with van der Waals surface area (Å²) in [6.07, 6.45) is 2.50. The molecule has 1 amide bonds. The van der Waals surface area contributed by atoms with Crippen molar-refractivity contribution in [2.45, 2.75) is 32.5 Å². The monoisotopic (exact) mass is 309 g/mol. The van der Waals surface area contributed by atoms with E-state index in [-0.39, 0.29) is 12.2 Å². The summed E-state index contributed by atoms with van der Waals surface area (Å²) < 4.78 is 10.4. The maximum Gasteiger partial charge on any atom is 0.285 e. The van der Waals surface area contributed by atoms with Crippen LogP contribution in [0.15, 0.2) is 16.7 Å². The van der Waals surface area contributed by atoms with Crippen LogP contribution in [-0.2, 0) is 9.57 Å². The predicted octanol–water partition coefficient (Wildman–Crippen LogP) is 2.29. The Labute approximate surface area is 125 Å². The number of aryl methyl sites for hydroxylation is 1. The Hall–Kier alpha value is -1.77. The Kier molecular flexibility index (Phi) is 4.28. The Balaban J connectivity index is 1.59. The molecule has 2 aromatic heterocycles. The number of ether oxygens (including phenoxy) is 1. The third-order valence-electron chi connectivity index (χ3n) is 2.99. The fourth-order valence-corrected chi connectivity index (χ4v) is 2.76. The van der Waals surface area contributed by atoms with Crippen molar-refractivity contribution in [3.63, 3.8) is 0 Å². The normalized spacial score (nSPS) is 18.6. The fourth-order valence-electron chi connectivity index (χ4n) is 1.95. The van der Waals surface area contributed by atoms with Gasteiger partial charge in [0.15, 0.2) is 12.1 Å². The number of carbonyl (C=O) groups is 1. The third-order valence-corrected chi connectivity index (χ3v) is 4.06. The van der Waals surface area contributed by atoms with E-state index in [0.29, 0.717) is 23.2 Å². The van der Waals surface area contributed by atoms with Gasteiger partial charge in [-0.15, -0.1) is 11.3 Å². The van der Waals surface area contributed by atoms with Gasteiger partial charge in [-0.1, -0.05) is 5.16 Å². The number of hydrogen-bond acceptors (Lipinski definition) is 7. The van der Waals surface area contributed by atoms with Crippen LogP contribution in [0, 0.1) is 6.92 Å². The minimum absolute atomic E-state index is 0.309. The van der Waals surface area contributed by atoms with Crippen LogP contribution in [0.4, 0.5) is 0 Å². The number of amides is 1. The van der Waals surface area contributed by atoms with E-state index in [1.807, 2.05) is 0 Å². The van der Waals surface area contributed by atoms with Crippen LogP contribution in [0.3, 0.4) is 0 Å². The Morgan fingerprint density at radius 3 is 3.10 bits per heavy atom. The van der Waals surface area contributed by atoms with E-state index < -0.39 is 0 Å². The summed E-state index contributed by atoms with van der Waals surface area (Å²) in [5.74, 6) is 0.659. The number of rotatable bonds is 4. The lowest BCUT2D eigenvalue weighted by Gasteiger charge is -2.21. The summed E-state index contributed by atoms with van der Waals surface area (Å²) in [6, 6.07) is 3.46. The van der Waals surface area contributed by atoms with Crippen LogP contribution in [0.1, 0.15) is 34.8 Å². The lowest BCUT2D eigenvalue weighted by atomic mass is 10.2. The first-order chi connectivity index (χ1) is 10.2. The van der Waals surface area contributed by atoms with E-state index in [2.05, 4.69) is 15.6 Å². The molecule has 1 unspecified atom stereocenters. The smallest absolute Gasteiger partial charge is 0.285 e. The maximum atomic E-state index is 12.0. The second-order valence-corrected chi connectivity index (χ2v) is 5.74. The van der Waals surface area contributed by atoms with Crippen molar-refractivity contribution < 1.29 is 18.9 Å². The lowest BCUT2D eigenvalue weighted by Crippen LogP contribution is -2.32. The summed E-state index contributed by atoms with van der Waals surface area (Å²) in [7, 11) is 0. The standard InChI is InChI=1S/C13H15N3O4S/c1-8-14-13(20-15-8)10-6-5-9(21-10)12(17)16-19-11-4-2-3-7-18-11/h5-6,11H,2-4,7H2,1H3,(H,16,17). The quantitative estimate of drug-likeness (QED) is 0.872. The second-order valence-electron chi connectivity index (χ2n) is 4.66. The van der Waals surface area contributed by atoms with Crippen LogP contribution in [-0.4, -0.2) is 28.9 Å². The van der Waals surface area contributed by atoms with Crippen molar-refractivity contribution in [3.8, 4) is 10.8 Å². The van der Waals surface area contributed by atoms with E-state index in [1.165, 1.54) is 11.3 Å². The first-order valence-electron chi connectivity index (χ1n) is 6.70. The molecule has 0 spiro atoms. The molecule has 1 aliphatic heterocycles. The lowest BCUT2D eigenvalue weighted by molar-refractivity contribution is -0.186. The molecule has 7 nitrogen and oxygen atoms in total. The van der Waals surface area contributed by atoms with E-state index in [9.17, 15) is 4.79 Å².